The van der Waals surface area contributed by atoms with E-state index in [4.69, 9.17) is 9.84 Å². The van der Waals surface area contributed by atoms with Crippen LogP contribution in [0.4, 0.5) is 5.13 Å². The van der Waals surface area contributed by atoms with Crippen molar-refractivity contribution in [3.63, 3.8) is 0 Å². The van der Waals surface area contributed by atoms with Gasteiger partial charge in [0.15, 0.2) is 4.34 Å². The average molecular weight is 325 g/mol. The molecular weight excluding hydrogens is 310 g/mol. The highest BCUT2D eigenvalue weighted by molar-refractivity contribution is 8.01. The lowest BCUT2D eigenvalue weighted by Crippen LogP contribution is -2.07. The zero-order valence-electron chi connectivity index (χ0n) is 11.6. The standard InChI is InChI=1S/C13H15N3O3S2/c1-16(2)12-14-15-13(21-12)20-8-7-19-10-6-4-3-5-9(10)11(17)18/h3-6H,7-8H2,1-2H3,(H,17,18). The fourth-order valence-corrected chi connectivity index (χ4v) is 3.14. The van der Waals surface area contributed by atoms with Crippen LogP contribution in [-0.2, 0) is 0 Å². The molecule has 1 aromatic heterocycles. The molecule has 21 heavy (non-hydrogen) atoms. The van der Waals surface area contributed by atoms with E-state index in [-0.39, 0.29) is 5.56 Å². The maximum atomic E-state index is 11.0. The fraction of sp³-hybridized carbons (Fsp3) is 0.308. The minimum atomic E-state index is -0.988. The molecule has 0 radical (unpaired) electrons. The number of aromatic carboxylic acids is 1. The Morgan fingerprint density at radius 3 is 2.81 bits per heavy atom. The number of thioether (sulfide) groups is 1. The van der Waals surface area contributed by atoms with Crippen molar-refractivity contribution in [2.45, 2.75) is 4.34 Å². The summed E-state index contributed by atoms with van der Waals surface area (Å²) >= 11 is 3.05. The van der Waals surface area contributed by atoms with E-state index in [2.05, 4.69) is 10.2 Å². The Morgan fingerprint density at radius 1 is 1.38 bits per heavy atom. The van der Waals surface area contributed by atoms with Gasteiger partial charge >= 0.3 is 5.97 Å². The predicted molar refractivity (Wildman–Crippen MR) is 83.9 cm³/mol. The van der Waals surface area contributed by atoms with E-state index >= 15 is 0 Å². The molecule has 2 rings (SSSR count). The van der Waals surface area contributed by atoms with Gasteiger partial charge in [0.2, 0.25) is 5.13 Å². The Morgan fingerprint density at radius 2 is 2.14 bits per heavy atom. The molecule has 0 bridgehead atoms. The summed E-state index contributed by atoms with van der Waals surface area (Å²) in [6.07, 6.45) is 0. The molecule has 0 unspecified atom stereocenters. The van der Waals surface area contributed by atoms with Gasteiger partial charge in [-0.25, -0.2) is 4.79 Å². The van der Waals surface area contributed by atoms with Crippen LogP contribution in [0.1, 0.15) is 10.4 Å². The minimum Gasteiger partial charge on any atom is -0.492 e. The van der Waals surface area contributed by atoms with Gasteiger partial charge in [-0.2, -0.15) is 0 Å². The summed E-state index contributed by atoms with van der Waals surface area (Å²) in [4.78, 5) is 12.9. The summed E-state index contributed by atoms with van der Waals surface area (Å²) in [5.74, 6) is 0.0746. The molecular formula is C13H15N3O3S2. The Bertz CT molecular complexity index is 616. The Labute approximate surface area is 130 Å². The van der Waals surface area contributed by atoms with Crippen molar-refractivity contribution in [2.75, 3.05) is 31.4 Å². The zero-order chi connectivity index (χ0) is 15.2. The quantitative estimate of drug-likeness (QED) is 0.619. The molecule has 0 aliphatic carbocycles. The van der Waals surface area contributed by atoms with E-state index in [9.17, 15) is 4.79 Å². The molecule has 112 valence electrons. The maximum absolute atomic E-state index is 11.0. The molecule has 0 saturated heterocycles. The highest BCUT2D eigenvalue weighted by Crippen LogP contribution is 2.27. The van der Waals surface area contributed by atoms with Crippen molar-refractivity contribution >= 4 is 34.2 Å². The summed E-state index contributed by atoms with van der Waals surface area (Å²) in [6, 6.07) is 6.61. The fourth-order valence-electron chi connectivity index (χ4n) is 1.49. The molecule has 0 spiro atoms. The van der Waals surface area contributed by atoms with Gasteiger partial charge in [0.1, 0.15) is 11.3 Å². The molecule has 1 N–H and O–H groups in total. The summed E-state index contributed by atoms with van der Waals surface area (Å²) in [5.41, 5.74) is 0.174. The molecule has 8 heteroatoms. The lowest BCUT2D eigenvalue weighted by Gasteiger charge is -2.07. The van der Waals surface area contributed by atoms with E-state index in [0.717, 1.165) is 9.47 Å². The Hall–Kier alpha value is -1.80. The monoisotopic (exact) mass is 325 g/mol. The lowest BCUT2D eigenvalue weighted by molar-refractivity contribution is 0.0692. The predicted octanol–water partition coefficient (Wildman–Crippen LogP) is 2.47. The van der Waals surface area contributed by atoms with E-state index in [1.54, 1.807) is 18.2 Å². The van der Waals surface area contributed by atoms with Crippen LogP contribution in [0.3, 0.4) is 0 Å². The summed E-state index contributed by atoms with van der Waals surface area (Å²) in [5, 5.41) is 18.0. The molecule has 0 aliphatic heterocycles. The zero-order valence-corrected chi connectivity index (χ0v) is 13.3. The molecule has 1 aromatic carbocycles. The van der Waals surface area contributed by atoms with Crippen LogP contribution in [0, 0.1) is 0 Å². The van der Waals surface area contributed by atoms with Gasteiger partial charge in [-0.05, 0) is 12.1 Å². The van der Waals surface area contributed by atoms with Crippen molar-refractivity contribution in [3.05, 3.63) is 29.8 Å². The third kappa shape index (κ3) is 4.33. The van der Waals surface area contributed by atoms with Crippen molar-refractivity contribution < 1.29 is 14.6 Å². The Balaban J connectivity index is 1.83. The van der Waals surface area contributed by atoms with Gasteiger partial charge in [-0.1, -0.05) is 35.2 Å². The van der Waals surface area contributed by atoms with Crippen LogP contribution >= 0.6 is 23.1 Å². The van der Waals surface area contributed by atoms with Crippen molar-refractivity contribution in [2.24, 2.45) is 0 Å². The highest BCUT2D eigenvalue weighted by atomic mass is 32.2. The number of hydrogen-bond donors (Lipinski definition) is 1. The van der Waals surface area contributed by atoms with Crippen LogP contribution in [0.2, 0.25) is 0 Å². The maximum Gasteiger partial charge on any atom is 0.339 e. The van der Waals surface area contributed by atoms with E-state index < -0.39 is 5.97 Å². The largest absolute Gasteiger partial charge is 0.492 e. The third-order valence-electron chi connectivity index (χ3n) is 2.46. The molecule has 0 saturated carbocycles. The normalized spacial score (nSPS) is 10.4. The number of carbonyl (C=O) groups is 1. The number of hydrogen-bond acceptors (Lipinski definition) is 7. The lowest BCUT2D eigenvalue weighted by atomic mass is 10.2. The number of carboxylic acid groups (broad SMARTS) is 1. The van der Waals surface area contributed by atoms with E-state index in [0.29, 0.717) is 18.1 Å². The van der Waals surface area contributed by atoms with Gasteiger partial charge < -0.3 is 14.7 Å². The summed E-state index contributed by atoms with van der Waals surface area (Å²) < 4.78 is 6.39. The Kier molecular flexibility index (Phi) is 5.40. The summed E-state index contributed by atoms with van der Waals surface area (Å²) in [7, 11) is 3.84. The van der Waals surface area contributed by atoms with Gasteiger partial charge in [-0.3, -0.25) is 0 Å². The van der Waals surface area contributed by atoms with Gasteiger partial charge in [0.25, 0.3) is 0 Å². The number of carboxylic acids is 1. The molecule has 0 aliphatic rings. The van der Waals surface area contributed by atoms with Crippen LogP contribution in [-0.4, -0.2) is 47.7 Å². The van der Waals surface area contributed by atoms with Crippen molar-refractivity contribution in [1.29, 1.82) is 0 Å². The van der Waals surface area contributed by atoms with Gasteiger partial charge in [0.05, 0.1) is 6.61 Å². The first-order valence-electron chi connectivity index (χ1n) is 6.16. The summed E-state index contributed by atoms with van der Waals surface area (Å²) in [6.45, 7) is 0.409. The minimum absolute atomic E-state index is 0.174. The van der Waals surface area contributed by atoms with E-state index in [1.807, 2.05) is 19.0 Å². The van der Waals surface area contributed by atoms with E-state index in [1.165, 1.54) is 29.2 Å². The molecule has 6 nitrogen and oxygen atoms in total. The third-order valence-corrected chi connectivity index (χ3v) is 4.65. The number of benzene rings is 1. The number of aromatic nitrogens is 2. The molecule has 0 atom stereocenters. The van der Waals surface area contributed by atoms with Crippen LogP contribution in [0.5, 0.6) is 5.75 Å². The highest BCUT2D eigenvalue weighted by Gasteiger charge is 2.10. The van der Waals surface area contributed by atoms with Crippen molar-refractivity contribution in [3.8, 4) is 5.75 Å². The van der Waals surface area contributed by atoms with Crippen LogP contribution in [0.25, 0.3) is 0 Å². The number of para-hydroxylation sites is 1. The smallest absolute Gasteiger partial charge is 0.339 e. The van der Waals surface area contributed by atoms with Crippen molar-refractivity contribution in [1.82, 2.24) is 10.2 Å². The second-order valence-electron chi connectivity index (χ2n) is 4.24. The first-order chi connectivity index (χ1) is 10.1. The molecule has 2 aromatic rings. The first kappa shape index (κ1) is 15.6. The second-order valence-corrected chi connectivity index (χ2v) is 6.54. The number of anilines is 1. The molecule has 1 heterocycles. The number of nitrogens with zero attached hydrogens (tertiary/aromatic N) is 3. The number of rotatable bonds is 7. The molecule has 0 fully saturated rings. The molecule has 0 amide bonds. The number of ether oxygens (including phenoxy) is 1. The SMILES string of the molecule is CN(C)c1nnc(SCCOc2ccccc2C(=O)O)s1. The van der Waals surface area contributed by atoms with Crippen LogP contribution < -0.4 is 9.64 Å². The van der Waals surface area contributed by atoms with Gasteiger partial charge in [-0.15, -0.1) is 10.2 Å². The average Bonchev–Trinajstić information content (AvgIpc) is 2.93. The topological polar surface area (TPSA) is 75.5 Å². The second kappa shape index (κ2) is 7.28. The first-order valence-corrected chi connectivity index (χ1v) is 7.97. The van der Waals surface area contributed by atoms with Crippen LogP contribution in [0.15, 0.2) is 28.6 Å². The van der Waals surface area contributed by atoms with Gasteiger partial charge in [0, 0.05) is 19.8 Å².